The number of nitrogens with zero attached hydrogens (tertiary/aromatic N) is 2. The molecule has 7 nitrogen and oxygen atoms in total. The predicted octanol–water partition coefficient (Wildman–Crippen LogP) is 1.84. The normalized spacial score (nSPS) is 10.7. The number of unbranched alkanes of at least 4 members (excludes halogenated alkanes) is 1. The van der Waals surface area contributed by atoms with Crippen molar-refractivity contribution < 1.29 is 4.79 Å². The minimum absolute atomic E-state index is 0.242. The van der Waals surface area contributed by atoms with Crippen LogP contribution in [0.5, 0.6) is 0 Å². The molecule has 8 heteroatoms. The van der Waals surface area contributed by atoms with E-state index in [1.165, 1.54) is 6.33 Å². The van der Waals surface area contributed by atoms with Gasteiger partial charge in [-0.1, -0.05) is 24.9 Å². The first-order valence-electron chi connectivity index (χ1n) is 6.42. The van der Waals surface area contributed by atoms with Gasteiger partial charge in [0.25, 0.3) is 5.91 Å². The number of nitrogens with two attached hydrogens (primary N) is 1. The Morgan fingerprint density at radius 2 is 2.35 bits per heavy atom. The molecule has 0 saturated heterocycles. The van der Waals surface area contributed by atoms with Gasteiger partial charge in [-0.15, -0.1) is 0 Å². The summed E-state index contributed by atoms with van der Waals surface area (Å²) in [7, 11) is 0. The number of amides is 1. The number of nitrogens with one attached hydrogen (secondary N) is 3. The summed E-state index contributed by atoms with van der Waals surface area (Å²) < 4.78 is 0. The van der Waals surface area contributed by atoms with Crippen molar-refractivity contribution in [3.8, 4) is 0 Å². The van der Waals surface area contributed by atoms with E-state index in [-0.39, 0.29) is 5.69 Å². The summed E-state index contributed by atoms with van der Waals surface area (Å²) in [6.07, 6.45) is 4.43. The molecule has 2 aromatic heterocycles. The highest BCUT2D eigenvalue weighted by molar-refractivity contribution is 6.30. The minimum Gasteiger partial charge on any atom is -0.364 e. The van der Waals surface area contributed by atoms with Gasteiger partial charge in [-0.2, -0.15) is 0 Å². The number of imidazole rings is 2. The van der Waals surface area contributed by atoms with Crippen LogP contribution in [0.2, 0.25) is 5.15 Å². The average Bonchev–Trinajstić information content (AvgIpc) is 3.00. The second-order valence-electron chi connectivity index (χ2n) is 4.40. The lowest BCUT2D eigenvalue weighted by molar-refractivity contribution is 0.0997. The maximum atomic E-state index is 11.1. The van der Waals surface area contributed by atoms with Crippen molar-refractivity contribution in [3.63, 3.8) is 0 Å². The average molecular weight is 297 g/mol. The van der Waals surface area contributed by atoms with Crippen LogP contribution in [0.25, 0.3) is 0 Å². The van der Waals surface area contributed by atoms with Gasteiger partial charge in [0.2, 0.25) is 0 Å². The number of aromatic amines is 2. The molecule has 0 unspecified atom stereocenters. The largest absolute Gasteiger partial charge is 0.364 e. The van der Waals surface area contributed by atoms with Gasteiger partial charge in [0.1, 0.15) is 11.5 Å². The molecular weight excluding hydrogens is 280 g/mol. The Balaban J connectivity index is 2.01. The van der Waals surface area contributed by atoms with E-state index in [1.807, 2.05) is 0 Å². The summed E-state index contributed by atoms with van der Waals surface area (Å²) in [4.78, 5) is 25.2. The van der Waals surface area contributed by atoms with E-state index in [9.17, 15) is 4.79 Å². The van der Waals surface area contributed by atoms with E-state index in [0.29, 0.717) is 17.5 Å². The first-order valence-corrected chi connectivity index (χ1v) is 6.80. The lowest BCUT2D eigenvalue weighted by Gasteiger charge is -2.03. The summed E-state index contributed by atoms with van der Waals surface area (Å²) in [6, 6.07) is 0. The Hall–Kier alpha value is -2.02. The molecule has 0 aliphatic carbocycles. The molecule has 0 spiro atoms. The van der Waals surface area contributed by atoms with E-state index < -0.39 is 5.91 Å². The molecule has 5 N–H and O–H groups in total. The molecule has 2 rings (SSSR count). The Labute approximate surface area is 121 Å². The SMILES string of the molecule is CCCCc1nc(Cl)c(CNc2nc[nH]c2C(N)=O)[nH]1. The van der Waals surface area contributed by atoms with Gasteiger partial charge in [-0.25, -0.2) is 9.97 Å². The molecule has 0 aliphatic rings. The first-order chi connectivity index (χ1) is 9.61. The van der Waals surface area contributed by atoms with Gasteiger partial charge in [0.05, 0.1) is 18.6 Å². The molecule has 0 fully saturated rings. The van der Waals surface area contributed by atoms with Gasteiger partial charge < -0.3 is 21.0 Å². The van der Waals surface area contributed by atoms with Crippen LogP contribution in [0.1, 0.15) is 41.8 Å². The van der Waals surface area contributed by atoms with Crippen molar-refractivity contribution >= 4 is 23.3 Å². The van der Waals surface area contributed by atoms with Crippen molar-refractivity contribution in [2.45, 2.75) is 32.7 Å². The molecule has 108 valence electrons. The van der Waals surface area contributed by atoms with E-state index in [4.69, 9.17) is 17.3 Å². The van der Waals surface area contributed by atoms with Crippen molar-refractivity contribution in [2.24, 2.45) is 5.73 Å². The van der Waals surface area contributed by atoms with Crippen LogP contribution in [0.4, 0.5) is 5.82 Å². The van der Waals surface area contributed by atoms with E-state index >= 15 is 0 Å². The summed E-state index contributed by atoms with van der Waals surface area (Å²) in [5.41, 5.74) is 6.22. The zero-order valence-electron chi connectivity index (χ0n) is 11.2. The highest BCUT2D eigenvalue weighted by Crippen LogP contribution is 2.16. The zero-order chi connectivity index (χ0) is 14.5. The summed E-state index contributed by atoms with van der Waals surface area (Å²) in [5, 5.41) is 3.43. The Bertz CT molecular complexity index is 591. The number of aromatic nitrogens is 4. The smallest absolute Gasteiger partial charge is 0.269 e. The second-order valence-corrected chi connectivity index (χ2v) is 4.76. The maximum Gasteiger partial charge on any atom is 0.269 e. The molecule has 1 amide bonds. The lowest BCUT2D eigenvalue weighted by Crippen LogP contribution is -2.14. The highest BCUT2D eigenvalue weighted by Gasteiger charge is 2.12. The van der Waals surface area contributed by atoms with Crippen LogP contribution < -0.4 is 11.1 Å². The van der Waals surface area contributed by atoms with Gasteiger partial charge in [0, 0.05) is 6.42 Å². The zero-order valence-corrected chi connectivity index (χ0v) is 11.9. The fourth-order valence-corrected chi connectivity index (χ4v) is 2.02. The molecule has 0 aromatic carbocycles. The van der Waals surface area contributed by atoms with Crippen molar-refractivity contribution in [1.82, 2.24) is 19.9 Å². The summed E-state index contributed by atoms with van der Waals surface area (Å²) in [6.45, 7) is 2.51. The molecule has 20 heavy (non-hydrogen) atoms. The summed E-state index contributed by atoms with van der Waals surface area (Å²) >= 11 is 6.06. The molecular formula is C12H17ClN6O. The number of aryl methyl sites for hydroxylation is 1. The number of hydrogen-bond donors (Lipinski definition) is 4. The van der Waals surface area contributed by atoms with Crippen LogP contribution in [0.15, 0.2) is 6.33 Å². The van der Waals surface area contributed by atoms with Gasteiger partial charge in [0.15, 0.2) is 11.0 Å². The van der Waals surface area contributed by atoms with Crippen LogP contribution in [0.3, 0.4) is 0 Å². The van der Waals surface area contributed by atoms with Gasteiger partial charge >= 0.3 is 0 Å². The third kappa shape index (κ3) is 3.30. The Morgan fingerprint density at radius 1 is 1.55 bits per heavy atom. The van der Waals surface area contributed by atoms with E-state index in [0.717, 1.165) is 30.8 Å². The Kier molecular flexibility index (Phi) is 4.62. The van der Waals surface area contributed by atoms with Crippen LogP contribution in [0, 0.1) is 0 Å². The lowest BCUT2D eigenvalue weighted by atomic mass is 10.2. The standard InChI is InChI=1S/C12H17ClN6O/c1-2-3-4-8-18-7(10(13)19-8)5-15-12-9(11(14)20)16-6-17-12/h6,15H,2-5H2,1H3,(H2,14,20)(H,16,17)(H,18,19). The monoisotopic (exact) mass is 296 g/mol. The van der Waals surface area contributed by atoms with Crippen LogP contribution in [-0.2, 0) is 13.0 Å². The third-order valence-corrected chi connectivity index (χ3v) is 3.18. The molecule has 0 bridgehead atoms. The molecule has 0 radical (unpaired) electrons. The minimum atomic E-state index is -0.565. The highest BCUT2D eigenvalue weighted by atomic mass is 35.5. The summed E-state index contributed by atoms with van der Waals surface area (Å²) in [5.74, 6) is 0.702. The van der Waals surface area contributed by atoms with Gasteiger partial charge in [-0.3, -0.25) is 4.79 Å². The number of rotatable bonds is 7. The first kappa shape index (κ1) is 14.4. The molecule has 0 atom stereocenters. The fraction of sp³-hybridized carbons (Fsp3) is 0.417. The number of halogens is 1. The van der Waals surface area contributed by atoms with E-state index in [2.05, 4.69) is 32.2 Å². The van der Waals surface area contributed by atoms with Crippen LogP contribution >= 0.6 is 11.6 Å². The van der Waals surface area contributed by atoms with Gasteiger partial charge in [-0.05, 0) is 6.42 Å². The van der Waals surface area contributed by atoms with Crippen molar-refractivity contribution in [2.75, 3.05) is 5.32 Å². The number of anilines is 1. The number of carbonyl (C=O) groups excluding carboxylic acids is 1. The quantitative estimate of drug-likeness (QED) is 0.624. The topological polar surface area (TPSA) is 112 Å². The molecule has 0 aliphatic heterocycles. The Morgan fingerprint density at radius 3 is 3.05 bits per heavy atom. The second kappa shape index (κ2) is 6.42. The molecule has 2 heterocycles. The van der Waals surface area contributed by atoms with Crippen LogP contribution in [-0.4, -0.2) is 25.8 Å². The number of H-pyrrole nitrogens is 2. The number of carbonyl (C=O) groups is 1. The predicted molar refractivity (Wildman–Crippen MR) is 76.6 cm³/mol. The van der Waals surface area contributed by atoms with Crippen molar-refractivity contribution in [1.29, 1.82) is 0 Å². The molecule has 0 saturated carbocycles. The van der Waals surface area contributed by atoms with E-state index in [1.54, 1.807) is 0 Å². The number of hydrogen-bond acceptors (Lipinski definition) is 4. The third-order valence-electron chi connectivity index (χ3n) is 2.86. The maximum absolute atomic E-state index is 11.1. The molecule has 2 aromatic rings. The fourth-order valence-electron chi connectivity index (χ4n) is 1.81. The van der Waals surface area contributed by atoms with Crippen molar-refractivity contribution in [3.05, 3.63) is 28.7 Å². The number of primary amides is 1.